The first-order valence-electron chi connectivity index (χ1n) is 3.40. The average molecular weight is 240 g/mol. The molecule has 0 N–H and O–H groups in total. The molecular formula is C7H12BrClN2. The van der Waals surface area contributed by atoms with Crippen molar-refractivity contribution in [2.24, 2.45) is 7.05 Å². The smallest absolute Gasteiger partial charge is 0.243 e. The van der Waals surface area contributed by atoms with Crippen LogP contribution < -0.4 is 17.0 Å². The number of hydrogen-bond acceptors (Lipinski definition) is 0. The van der Waals surface area contributed by atoms with Crippen molar-refractivity contribution in [1.29, 1.82) is 0 Å². The summed E-state index contributed by atoms with van der Waals surface area (Å²) >= 11 is 3.39. The van der Waals surface area contributed by atoms with Crippen molar-refractivity contribution in [3.05, 3.63) is 18.7 Å². The SMILES string of the molecule is C[n+]1ccn(CCCBr)c1.[Cl-]. The Labute approximate surface area is 81.8 Å². The molecule has 2 nitrogen and oxygen atoms in total. The number of halogens is 2. The molecule has 0 aliphatic rings. The fraction of sp³-hybridized carbons (Fsp3) is 0.571. The Balaban J connectivity index is 0.000001000. The van der Waals surface area contributed by atoms with Gasteiger partial charge in [0, 0.05) is 5.33 Å². The van der Waals surface area contributed by atoms with Gasteiger partial charge in [-0.05, 0) is 6.42 Å². The van der Waals surface area contributed by atoms with E-state index in [0.717, 1.165) is 11.9 Å². The molecule has 4 heteroatoms. The van der Waals surface area contributed by atoms with Gasteiger partial charge in [-0.25, -0.2) is 9.13 Å². The molecule has 0 unspecified atom stereocenters. The molecule has 1 aromatic heterocycles. The van der Waals surface area contributed by atoms with Gasteiger partial charge >= 0.3 is 0 Å². The Morgan fingerprint density at radius 3 is 2.73 bits per heavy atom. The zero-order valence-corrected chi connectivity index (χ0v) is 8.85. The maximum atomic E-state index is 3.39. The van der Waals surface area contributed by atoms with E-state index in [2.05, 4.69) is 33.0 Å². The molecule has 0 spiro atoms. The van der Waals surface area contributed by atoms with Crippen molar-refractivity contribution < 1.29 is 17.0 Å². The number of imidazole rings is 1. The number of aryl methyl sites for hydroxylation is 2. The highest BCUT2D eigenvalue weighted by Gasteiger charge is 1.96. The molecule has 0 fully saturated rings. The first-order chi connectivity index (χ1) is 4.83. The molecule has 0 aromatic carbocycles. The predicted octanol–water partition coefficient (Wildman–Crippen LogP) is -1.90. The molecule has 0 radical (unpaired) electrons. The van der Waals surface area contributed by atoms with Crippen LogP contribution >= 0.6 is 15.9 Å². The summed E-state index contributed by atoms with van der Waals surface area (Å²) in [6.07, 6.45) is 7.41. The second-order valence-corrected chi connectivity index (χ2v) is 3.15. The third-order valence-corrected chi connectivity index (χ3v) is 1.93. The lowest BCUT2D eigenvalue weighted by atomic mass is 10.5. The molecule has 0 saturated heterocycles. The number of hydrogen-bond donors (Lipinski definition) is 0. The minimum absolute atomic E-state index is 0. The maximum Gasteiger partial charge on any atom is 0.243 e. The lowest BCUT2D eigenvalue weighted by Gasteiger charge is -1.89. The normalized spacial score (nSPS) is 9.27. The lowest BCUT2D eigenvalue weighted by molar-refractivity contribution is -0.671. The van der Waals surface area contributed by atoms with Crippen molar-refractivity contribution in [2.75, 3.05) is 5.33 Å². The van der Waals surface area contributed by atoms with Gasteiger partial charge in [-0.3, -0.25) is 0 Å². The fourth-order valence-electron chi connectivity index (χ4n) is 0.876. The van der Waals surface area contributed by atoms with Gasteiger partial charge in [-0.15, -0.1) is 0 Å². The number of aromatic nitrogens is 2. The van der Waals surface area contributed by atoms with E-state index in [0.29, 0.717) is 0 Å². The van der Waals surface area contributed by atoms with Crippen LogP contribution in [-0.2, 0) is 13.6 Å². The zero-order chi connectivity index (χ0) is 7.40. The van der Waals surface area contributed by atoms with E-state index < -0.39 is 0 Å². The van der Waals surface area contributed by atoms with Crippen molar-refractivity contribution in [1.82, 2.24) is 4.57 Å². The molecule has 0 aliphatic heterocycles. The van der Waals surface area contributed by atoms with E-state index in [9.17, 15) is 0 Å². The van der Waals surface area contributed by atoms with E-state index in [4.69, 9.17) is 0 Å². The summed E-state index contributed by atoms with van der Waals surface area (Å²) in [6.45, 7) is 1.10. The minimum Gasteiger partial charge on any atom is -1.00 e. The van der Waals surface area contributed by atoms with Crippen LogP contribution in [0.2, 0.25) is 0 Å². The van der Waals surface area contributed by atoms with Crippen LogP contribution in [0.3, 0.4) is 0 Å². The van der Waals surface area contributed by atoms with Crippen LogP contribution in [0, 0.1) is 0 Å². The van der Waals surface area contributed by atoms with Crippen LogP contribution in [0.15, 0.2) is 18.7 Å². The van der Waals surface area contributed by atoms with Gasteiger partial charge in [0.15, 0.2) is 0 Å². The summed E-state index contributed by atoms with van der Waals surface area (Å²) in [6, 6.07) is 0. The van der Waals surface area contributed by atoms with Crippen LogP contribution in [0.5, 0.6) is 0 Å². The van der Waals surface area contributed by atoms with Crippen molar-refractivity contribution in [3.8, 4) is 0 Å². The number of alkyl halides is 1. The Morgan fingerprint density at radius 2 is 2.27 bits per heavy atom. The summed E-state index contributed by atoms with van der Waals surface area (Å²) in [7, 11) is 2.03. The predicted molar refractivity (Wildman–Crippen MR) is 44.0 cm³/mol. The maximum absolute atomic E-state index is 3.39. The molecule has 11 heavy (non-hydrogen) atoms. The third kappa shape index (κ3) is 3.77. The highest BCUT2D eigenvalue weighted by Crippen LogP contribution is 1.92. The molecule has 0 amide bonds. The first-order valence-corrected chi connectivity index (χ1v) is 4.52. The van der Waals surface area contributed by atoms with E-state index in [-0.39, 0.29) is 12.4 Å². The summed E-state index contributed by atoms with van der Waals surface area (Å²) in [5.74, 6) is 0. The summed E-state index contributed by atoms with van der Waals surface area (Å²) in [4.78, 5) is 0. The van der Waals surface area contributed by atoms with E-state index in [1.54, 1.807) is 0 Å². The van der Waals surface area contributed by atoms with Crippen molar-refractivity contribution >= 4 is 15.9 Å². The van der Waals surface area contributed by atoms with Gasteiger partial charge in [-0.2, -0.15) is 0 Å². The number of nitrogens with zero attached hydrogens (tertiary/aromatic N) is 2. The summed E-state index contributed by atoms with van der Waals surface area (Å²) < 4.78 is 4.23. The Hall–Kier alpha value is -0.0200. The Morgan fingerprint density at radius 1 is 1.55 bits per heavy atom. The monoisotopic (exact) mass is 238 g/mol. The van der Waals surface area contributed by atoms with Crippen LogP contribution in [-0.4, -0.2) is 9.90 Å². The molecule has 0 aliphatic carbocycles. The first kappa shape index (κ1) is 11.0. The van der Waals surface area contributed by atoms with Crippen molar-refractivity contribution in [2.45, 2.75) is 13.0 Å². The van der Waals surface area contributed by atoms with Gasteiger partial charge in [0.2, 0.25) is 6.33 Å². The number of rotatable bonds is 3. The molecule has 1 heterocycles. The molecule has 0 bridgehead atoms. The van der Waals surface area contributed by atoms with Crippen molar-refractivity contribution in [3.63, 3.8) is 0 Å². The fourth-order valence-corrected chi connectivity index (χ4v) is 1.13. The third-order valence-electron chi connectivity index (χ3n) is 1.37. The molecule has 1 rings (SSSR count). The highest BCUT2D eigenvalue weighted by molar-refractivity contribution is 9.09. The van der Waals surface area contributed by atoms with Gasteiger partial charge in [-0.1, -0.05) is 15.9 Å². The summed E-state index contributed by atoms with van der Waals surface area (Å²) in [5, 5.41) is 1.08. The molecule has 64 valence electrons. The quantitative estimate of drug-likeness (QED) is 0.431. The van der Waals surface area contributed by atoms with E-state index >= 15 is 0 Å². The Bertz CT molecular complexity index is 200. The zero-order valence-electron chi connectivity index (χ0n) is 6.50. The van der Waals surface area contributed by atoms with Crippen LogP contribution in [0.25, 0.3) is 0 Å². The van der Waals surface area contributed by atoms with E-state index in [1.807, 2.05) is 17.8 Å². The van der Waals surface area contributed by atoms with Gasteiger partial charge in [0.25, 0.3) is 0 Å². The van der Waals surface area contributed by atoms with Gasteiger partial charge in [0.05, 0.1) is 13.6 Å². The molecule has 1 aromatic rings. The van der Waals surface area contributed by atoms with E-state index in [1.165, 1.54) is 6.42 Å². The summed E-state index contributed by atoms with van der Waals surface area (Å²) in [5.41, 5.74) is 0. The Kier molecular flexibility index (Phi) is 5.60. The minimum atomic E-state index is 0. The largest absolute Gasteiger partial charge is 1.00 e. The second-order valence-electron chi connectivity index (χ2n) is 2.36. The highest BCUT2D eigenvalue weighted by atomic mass is 79.9. The standard InChI is InChI=1S/C7H12BrN2.ClH/c1-9-5-6-10(7-9)4-2-3-8;/h5-7H,2-4H2,1H3;1H/q+1;/p-1. The molecule has 0 saturated carbocycles. The van der Waals surface area contributed by atoms with Crippen LogP contribution in [0.4, 0.5) is 0 Å². The molecule has 0 atom stereocenters. The van der Waals surface area contributed by atoms with Crippen LogP contribution in [0.1, 0.15) is 6.42 Å². The van der Waals surface area contributed by atoms with Gasteiger partial charge in [0.1, 0.15) is 12.4 Å². The topological polar surface area (TPSA) is 8.81 Å². The molecular weight excluding hydrogens is 227 g/mol. The van der Waals surface area contributed by atoms with Gasteiger partial charge < -0.3 is 12.4 Å². The lowest BCUT2D eigenvalue weighted by Crippen LogP contribution is -3.00. The average Bonchev–Trinajstić information content (AvgIpc) is 2.31. The second kappa shape index (κ2) is 5.61.